The number of ether oxygens (including phenoxy) is 1. The second kappa shape index (κ2) is 6.59. The van der Waals surface area contributed by atoms with Crippen LogP contribution in [0.15, 0.2) is 36.4 Å². The molecule has 0 saturated heterocycles. The summed E-state index contributed by atoms with van der Waals surface area (Å²) in [6.45, 7) is 4.54. The molecule has 2 N–H and O–H groups in total. The van der Waals surface area contributed by atoms with Gasteiger partial charge in [-0.1, -0.05) is 36.4 Å². The molecule has 0 radical (unpaired) electrons. The Morgan fingerprint density at radius 2 is 2.00 bits per heavy atom. The number of nitrogens with zero attached hydrogens (tertiary/aromatic N) is 1. The maximum Gasteiger partial charge on any atom is 0.260 e. The maximum absolute atomic E-state index is 11.9. The molecule has 1 amide bonds. The molecule has 0 heterocycles. The van der Waals surface area contributed by atoms with Crippen LogP contribution in [0.3, 0.4) is 0 Å². The summed E-state index contributed by atoms with van der Waals surface area (Å²) in [5.41, 5.74) is 6.94. The molecule has 0 aliphatic heterocycles. The van der Waals surface area contributed by atoms with Crippen molar-refractivity contribution in [2.75, 3.05) is 20.2 Å². The van der Waals surface area contributed by atoms with E-state index in [0.717, 1.165) is 16.3 Å². The van der Waals surface area contributed by atoms with Crippen LogP contribution in [0.25, 0.3) is 10.8 Å². The monoisotopic (exact) mass is 286 g/mol. The van der Waals surface area contributed by atoms with Crippen LogP contribution in [-0.4, -0.2) is 31.0 Å². The molecule has 0 fully saturated rings. The van der Waals surface area contributed by atoms with E-state index in [0.29, 0.717) is 12.3 Å². The Kier molecular flexibility index (Phi) is 4.81. The zero-order valence-electron chi connectivity index (χ0n) is 12.8. The molecule has 4 nitrogen and oxygen atoms in total. The van der Waals surface area contributed by atoms with E-state index < -0.39 is 0 Å². The van der Waals surface area contributed by atoms with E-state index in [4.69, 9.17) is 10.5 Å². The van der Waals surface area contributed by atoms with E-state index in [2.05, 4.69) is 0 Å². The number of rotatable bonds is 5. The van der Waals surface area contributed by atoms with Crippen molar-refractivity contribution >= 4 is 16.7 Å². The number of nitrogens with two attached hydrogens (primary N) is 1. The van der Waals surface area contributed by atoms with Crippen molar-refractivity contribution in [1.29, 1.82) is 0 Å². The van der Waals surface area contributed by atoms with Crippen LogP contribution >= 0.6 is 0 Å². The van der Waals surface area contributed by atoms with Crippen LogP contribution < -0.4 is 10.5 Å². The molecule has 0 aromatic heterocycles. The summed E-state index contributed by atoms with van der Waals surface area (Å²) in [7, 11) is 1.77. The van der Waals surface area contributed by atoms with Crippen molar-refractivity contribution < 1.29 is 9.53 Å². The highest BCUT2D eigenvalue weighted by Gasteiger charge is 2.14. The highest BCUT2D eigenvalue weighted by molar-refractivity contribution is 5.90. The summed E-state index contributed by atoms with van der Waals surface area (Å²) in [6.07, 6.45) is 0. The minimum Gasteiger partial charge on any atom is -0.483 e. The van der Waals surface area contributed by atoms with Crippen LogP contribution in [-0.2, 0) is 4.79 Å². The summed E-state index contributed by atoms with van der Waals surface area (Å²) in [5.74, 6) is 0.669. The SMILES string of the molecule is CCN(C)C(=O)COc1c([C@@H](C)N)ccc2ccccc12. The smallest absolute Gasteiger partial charge is 0.260 e. The van der Waals surface area contributed by atoms with Gasteiger partial charge in [0.25, 0.3) is 5.91 Å². The van der Waals surface area contributed by atoms with Gasteiger partial charge in [-0.15, -0.1) is 0 Å². The average Bonchev–Trinajstić information content (AvgIpc) is 2.50. The highest BCUT2D eigenvalue weighted by Crippen LogP contribution is 2.32. The third kappa shape index (κ3) is 3.34. The number of hydrogen-bond donors (Lipinski definition) is 1. The van der Waals surface area contributed by atoms with Gasteiger partial charge in [0.1, 0.15) is 5.75 Å². The van der Waals surface area contributed by atoms with Crippen molar-refractivity contribution in [3.63, 3.8) is 0 Å². The van der Waals surface area contributed by atoms with Gasteiger partial charge in [0, 0.05) is 30.6 Å². The van der Waals surface area contributed by atoms with Gasteiger partial charge < -0.3 is 15.4 Å². The van der Waals surface area contributed by atoms with Crippen LogP contribution in [0.4, 0.5) is 0 Å². The Hall–Kier alpha value is -2.07. The van der Waals surface area contributed by atoms with E-state index >= 15 is 0 Å². The summed E-state index contributed by atoms with van der Waals surface area (Å²) < 4.78 is 5.83. The minimum absolute atomic E-state index is 0.0259. The summed E-state index contributed by atoms with van der Waals surface area (Å²) in [5, 5.41) is 2.06. The Balaban J connectivity index is 2.36. The summed E-state index contributed by atoms with van der Waals surface area (Å²) >= 11 is 0. The first-order chi connectivity index (χ1) is 10.0. The Morgan fingerprint density at radius 1 is 1.29 bits per heavy atom. The minimum atomic E-state index is -0.149. The lowest BCUT2D eigenvalue weighted by atomic mass is 10.0. The molecule has 0 unspecified atom stereocenters. The fraction of sp³-hybridized carbons (Fsp3) is 0.353. The Bertz CT molecular complexity index is 638. The molecule has 0 spiro atoms. The van der Waals surface area contributed by atoms with E-state index in [1.807, 2.05) is 50.2 Å². The lowest BCUT2D eigenvalue weighted by Crippen LogP contribution is -2.31. The second-order valence-electron chi connectivity index (χ2n) is 5.19. The van der Waals surface area contributed by atoms with Crippen molar-refractivity contribution in [3.8, 4) is 5.75 Å². The molecule has 0 aliphatic carbocycles. The van der Waals surface area contributed by atoms with Gasteiger partial charge >= 0.3 is 0 Å². The number of hydrogen-bond acceptors (Lipinski definition) is 3. The van der Waals surface area contributed by atoms with E-state index in [-0.39, 0.29) is 18.6 Å². The third-order valence-electron chi connectivity index (χ3n) is 3.64. The summed E-state index contributed by atoms with van der Waals surface area (Å²) in [6, 6.07) is 11.8. The van der Waals surface area contributed by atoms with Crippen LogP contribution in [0.2, 0.25) is 0 Å². The number of benzene rings is 2. The molecule has 1 atom stereocenters. The molecule has 0 bridgehead atoms. The van der Waals surface area contributed by atoms with E-state index in [1.165, 1.54) is 0 Å². The molecule has 2 rings (SSSR count). The molecule has 0 aliphatic rings. The molecular weight excluding hydrogens is 264 g/mol. The Morgan fingerprint density at radius 3 is 2.67 bits per heavy atom. The van der Waals surface area contributed by atoms with Gasteiger partial charge in [0.2, 0.25) is 0 Å². The van der Waals surface area contributed by atoms with E-state index in [9.17, 15) is 4.79 Å². The fourth-order valence-corrected chi connectivity index (χ4v) is 2.20. The average molecular weight is 286 g/mol. The first-order valence-corrected chi connectivity index (χ1v) is 7.18. The molecular formula is C17H22N2O2. The van der Waals surface area contributed by atoms with Crippen LogP contribution in [0.5, 0.6) is 5.75 Å². The molecule has 0 saturated carbocycles. The molecule has 112 valence electrons. The normalized spacial score (nSPS) is 12.2. The predicted octanol–water partition coefficient (Wildman–Crippen LogP) is 2.72. The van der Waals surface area contributed by atoms with Gasteiger partial charge in [0.15, 0.2) is 6.61 Å². The van der Waals surface area contributed by atoms with Gasteiger partial charge in [-0.05, 0) is 19.2 Å². The second-order valence-corrected chi connectivity index (χ2v) is 5.19. The fourth-order valence-electron chi connectivity index (χ4n) is 2.20. The van der Waals surface area contributed by atoms with Gasteiger partial charge in [0.05, 0.1) is 0 Å². The maximum atomic E-state index is 11.9. The zero-order valence-corrected chi connectivity index (χ0v) is 12.8. The quantitative estimate of drug-likeness (QED) is 0.919. The number of amides is 1. The third-order valence-corrected chi connectivity index (χ3v) is 3.64. The van der Waals surface area contributed by atoms with E-state index in [1.54, 1.807) is 11.9 Å². The van der Waals surface area contributed by atoms with Crippen LogP contribution in [0, 0.1) is 0 Å². The standard InChI is InChI=1S/C17H22N2O2/c1-4-19(3)16(20)11-21-17-14(12(2)18)10-9-13-7-5-6-8-15(13)17/h5-10,12H,4,11,18H2,1-3H3/t12-/m1/s1. The molecule has 4 heteroatoms. The number of carbonyl (C=O) groups is 1. The van der Waals surface area contributed by atoms with Crippen LogP contribution in [0.1, 0.15) is 25.5 Å². The molecule has 21 heavy (non-hydrogen) atoms. The molecule has 2 aromatic carbocycles. The first-order valence-electron chi connectivity index (χ1n) is 7.18. The lowest BCUT2D eigenvalue weighted by Gasteiger charge is -2.19. The number of fused-ring (bicyclic) bond motifs is 1. The van der Waals surface area contributed by atoms with Gasteiger partial charge in [-0.25, -0.2) is 0 Å². The van der Waals surface area contributed by atoms with Crippen molar-refractivity contribution in [1.82, 2.24) is 4.90 Å². The van der Waals surface area contributed by atoms with Crippen molar-refractivity contribution in [2.45, 2.75) is 19.9 Å². The highest BCUT2D eigenvalue weighted by atomic mass is 16.5. The van der Waals surface area contributed by atoms with Crippen molar-refractivity contribution in [2.24, 2.45) is 5.73 Å². The summed E-state index contributed by atoms with van der Waals surface area (Å²) in [4.78, 5) is 13.6. The van der Waals surface area contributed by atoms with Gasteiger partial charge in [-0.3, -0.25) is 4.79 Å². The Labute approximate surface area is 125 Å². The zero-order chi connectivity index (χ0) is 15.4. The lowest BCUT2D eigenvalue weighted by molar-refractivity contribution is -0.131. The largest absolute Gasteiger partial charge is 0.483 e. The number of likely N-dealkylation sites (N-methyl/N-ethyl adjacent to an activating group) is 1. The number of carbonyl (C=O) groups excluding carboxylic acids is 1. The first kappa shape index (κ1) is 15.3. The molecule has 2 aromatic rings. The topological polar surface area (TPSA) is 55.6 Å². The van der Waals surface area contributed by atoms with Crippen molar-refractivity contribution in [3.05, 3.63) is 42.0 Å². The van der Waals surface area contributed by atoms with Gasteiger partial charge in [-0.2, -0.15) is 0 Å². The predicted molar refractivity (Wildman–Crippen MR) is 85.4 cm³/mol.